The summed E-state index contributed by atoms with van der Waals surface area (Å²) in [6, 6.07) is 8.14. The van der Waals surface area contributed by atoms with Crippen molar-refractivity contribution < 1.29 is 14.3 Å². The van der Waals surface area contributed by atoms with Gasteiger partial charge in [-0.2, -0.15) is 10.1 Å². The van der Waals surface area contributed by atoms with Crippen LogP contribution in [0.1, 0.15) is 52.1 Å². The maximum atomic E-state index is 12.8. The zero-order chi connectivity index (χ0) is 24.7. The number of H-pyrrole nitrogens is 1. The maximum Gasteiger partial charge on any atom is 0.410 e. The van der Waals surface area contributed by atoms with Gasteiger partial charge < -0.3 is 25.0 Å². The Hall–Kier alpha value is -3.56. The number of anilines is 3. The molecule has 0 spiro atoms. The lowest BCUT2D eigenvalue weighted by molar-refractivity contribution is 0.00682. The lowest BCUT2D eigenvalue weighted by atomic mass is 9.98. The topological polar surface area (TPSA) is 117 Å². The Balaban J connectivity index is 1.38. The summed E-state index contributed by atoms with van der Waals surface area (Å²) in [4.78, 5) is 24.3. The van der Waals surface area contributed by atoms with Crippen LogP contribution in [-0.2, 0) is 4.74 Å². The van der Waals surface area contributed by atoms with Crippen LogP contribution in [-0.4, -0.2) is 62.0 Å². The van der Waals surface area contributed by atoms with E-state index in [9.17, 15) is 4.79 Å². The normalized spacial score (nSPS) is 21.7. The van der Waals surface area contributed by atoms with Crippen molar-refractivity contribution in [1.82, 2.24) is 25.1 Å². The average molecular weight is 480 g/mol. The van der Waals surface area contributed by atoms with Crippen molar-refractivity contribution in [2.75, 3.05) is 17.7 Å². The molecule has 1 aromatic carbocycles. The smallest absolute Gasteiger partial charge is 0.410 e. The first-order valence-corrected chi connectivity index (χ1v) is 12.1. The van der Waals surface area contributed by atoms with Gasteiger partial charge in [-0.15, -0.1) is 0 Å². The van der Waals surface area contributed by atoms with Gasteiger partial charge in [0.15, 0.2) is 5.82 Å². The molecule has 1 amide bonds. The number of benzene rings is 1. The van der Waals surface area contributed by atoms with E-state index in [0.29, 0.717) is 17.6 Å². The van der Waals surface area contributed by atoms with E-state index in [2.05, 4.69) is 20.8 Å². The number of hydrogen-bond donors (Lipinski definition) is 3. The second kappa shape index (κ2) is 8.90. The number of nitrogens with zero attached hydrogens (tertiary/aromatic N) is 4. The van der Waals surface area contributed by atoms with E-state index in [1.807, 2.05) is 56.9 Å². The summed E-state index contributed by atoms with van der Waals surface area (Å²) >= 11 is 0. The van der Waals surface area contributed by atoms with Crippen LogP contribution in [0, 0.1) is 6.92 Å². The number of nitrogens with one attached hydrogen (secondary N) is 3. The molecule has 0 aliphatic carbocycles. The molecule has 186 valence electrons. The Morgan fingerprint density at radius 2 is 1.89 bits per heavy atom. The van der Waals surface area contributed by atoms with Crippen molar-refractivity contribution in [3.63, 3.8) is 0 Å². The summed E-state index contributed by atoms with van der Waals surface area (Å²) in [5.41, 5.74) is 1.23. The molecule has 10 heteroatoms. The molecule has 2 aliphatic rings. The van der Waals surface area contributed by atoms with Crippen molar-refractivity contribution >= 4 is 34.6 Å². The first-order valence-electron chi connectivity index (χ1n) is 12.1. The first kappa shape index (κ1) is 23.2. The molecule has 0 radical (unpaired) electrons. The van der Waals surface area contributed by atoms with Crippen LogP contribution >= 0.6 is 0 Å². The number of amides is 1. The summed E-state index contributed by atoms with van der Waals surface area (Å²) in [5.74, 6) is 2.62. The van der Waals surface area contributed by atoms with Crippen LogP contribution in [0.4, 0.5) is 22.4 Å². The highest BCUT2D eigenvalue weighted by atomic mass is 16.6. The zero-order valence-electron chi connectivity index (χ0n) is 20.9. The molecule has 3 aromatic rings. The highest BCUT2D eigenvalue weighted by Crippen LogP contribution is 2.38. The zero-order valence-corrected chi connectivity index (χ0v) is 20.9. The van der Waals surface area contributed by atoms with E-state index in [1.165, 1.54) is 0 Å². The largest absolute Gasteiger partial charge is 0.497 e. The third-order valence-corrected chi connectivity index (χ3v) is 6.53. The lowest BCUT2D eigenvalue weighted by Gasteiger charge is -2.39. The Morgan fingerprint density at radius 3 is 2.51 bits per heavy atom. The highest BCUT2D eigenvalue weighted by Gasteiger charge is 2.45. The Bertz CT molecular complexity index is 1220. The second-order valence-electron chi connectivity index (χ2n) is 10.4. The number of hydrogen-bond acceptors (Lipinski definition) is 8. The number of carbonyl (C=O) groups excluding carboxylic acids is 1. The molecule has 0 saturated carbocycles. The van der Waals surface area contributed by atoms with E-state index < -0.39 is 5.60 Å². The van der Waals surface area contributed by atoms with Crippen LogP contribution in [0.25, 0.3) is 10.9 Å². The number of ether oxygens (including phenoxy) is 2. The summed E-state index contributed by atoms with van der Waals surface area (Å²) < 4.78 is 11.1. The Kier molecular flexibility index (Phi) is 5.90. The number of aromatic nitrogens is 4. The van der Waals surface area contributed by atoms with E-state index in [-0.39, 0.29) is 24.2 Å². The fourth-order valence-corrected chi connectivity index (χ4v) is 5.09. The quantitative estimate of drug-likeness (QED) is 0.480. The number of methoxy groups -OCH3 is 1. The minimum atomic E-state index is -0.498. The lowest BCUT2D eigenvalue weighted by Crippen LogP contribution is -2.51. The Morgan fingerprint density at radius 1 is 1.14 bits per heavy atom. The molecule has 2 aromatic heterocycles. The number of fused-ring (bicyclic) bond motifs is 3. The third kappa shape index (κ3) is 4.96. The molecular weight excluding hydrogens is 446 g/mol. The van der Waals surface area contributed by atoms with Gasteiger partial charge >= 0.3 is 6.09 Å². The molecule has 2 fully saturated rings. The van der Waals surface area contributed by atoms with Crippen molar-refractivity contribution in [1.29, 1.82) is 0 Å². The van der Waals surface area contributed by atoms with Crippen molar-refractivity contribution in [3.8, 4) is 5.75 Å². The van der Waals surface area contributed by atoms with Gasteiger partial charge in [0.1, 0.15) is 17.2 Å². The minimum Gasteiger partial charge on any atom is -0.497 e. The monoisotopic (exact) mass is 479 g/mol. The molecule has 10 nitrogen and oxygen atoms in total. The van der Waals surface area contributed by atoms with Crippen LogP contribution in [0.2, 0.25) is 0 Å². The van der Waals surface area contributed by atoms with Gasteiger partial charge in [0.05, 0.1) is 12.6 Å². The molecule has 5 rings (SSSR count). The van der Waals surface area contributed by atoms with Crippen LogP contribution < -0.4 is 15.4 Å². The van der Waals surface area contributed by atoms with E-state index in [1.54, 1.807) is 7.11 Å². The van der Waals surface area contributed by atoms with Gasteiger partial charge in [-0.3, -0.25) is 5.10 Å². The van der Waals surface area contributed by atoms with Gasteiger partial charge in [0, 0.05) is 41.3 Å². The summed E-state index contributed by atoms with van der Waals surface area (Å²) in [6.07, 6.45) is 3.43. The molecule has 1 unspecified atom stereocenters. The molecule has 35 heavy (non-hydrogen) atoms. The van der Waals surface area contributed by atoms with Gasteiger partial charge in [0.2, 0.25) is 5.95 Å². The van der Waals surface area contributed by atoms with E-state index >= 15 is 0 Å². The first-order chi connectivity index (χ1) is 16.7. The molecular formula is C25H33N7O3. The van der Waals surface area contributed by atoms with Crippen LogP contribution in [0.5, 0.6) is 5.75 Å². The minimum absolute atomic E-state index is 0.159. The summed E-state index contributed by atoms with van der Waals surface area (Å²) in [6.45, 7) is 7.67. The standard InChI is InChI=1S/C25H33N7O3/c1-14-10-21(31-30-14)28-22-19-9-8-18(34-5)13-20(19)27-23(29-22)26-15-11-16-6-7-17(12-15)32(16)24(33)35-25(2,3)4/h8-10,13,15-17H,6-7,11-12H2,1-5H3,(H3,26,27,28,29,30,31)/t15?,16-,17+. The van der Waals surface area contributed by atoms with Gasteiger partial charge in [-0.05, 0) is 65.5 Å². The van der Waals surface area contributed by atoms with Crippen molar-refractivity contribution in [2.45, 2.75) is 77.1 Å². The molecule has 4 heterocycles. The second-order valence-corrected chi connectivity index (χ2v) is 10.4. The summed E-state index contributed by atoms with van der Waals surface area (Å²) in [5, 5.41) is 15.0. The van der Waals surface area contributed by atoms with Gasteiger partial charge in [0.25, 0.3) is 0 Å². The van der Waals surface area contributed by atoms with E-state index in [0.717, 1.165) is 48.0 Å². The van der Waals surface area contributed by atoms with Crippen molar-refractivity contribution in [3.05, 3.63) is 30.0 Å². The fraction of sp³-hybridized carbons (Fsp3) is 0.520. The molecule has 3 atom stereocenters. The number of aromatic amines is 1. The van der Waals surface area contributed by atoms with Gasteiger partial charge in [-0.1, -0.05) is 0 Å². The highest BCUT2D eigenvalue weighted by molar-refractivity contribution is 5.92. The fourth-order valence-electron chi connectivity index (χ4n) is 5.09. The predicted molar refractivity (Wildman–Crippen MR) is 134 cm³/mol. The van der Waals surface area contributed by atoms with Gasteiger partial charge in [-0.25, -0.2) is 9.78 Å². The number of aryl methyl sites for hydroxylation is 1. The molecule has 2 saturated heterocycles. The number of carbonyl (C=O) groups is 1. The predicted octanol–water partition coefficient (Wildman–Crippen LogP) is 4.76. The Labute approximate surface area is 204 Å². The van der Waals surface area contributed by atoms with Crippen LogP contribution in [0.15, 0.2) is 24.3 Å². The van der Waals surface area contributed by atoms with Crippen molar-refractivity contribution in [2.24, 2.45) is 0 Å². The van der Waals surface area contributed by atoms with Crippen LogP contribution in [0.3, 0.4) is 0 Å². The molecule has 2 aliphatic heterocycles. The third-order valence-electron chi connectivity index (χ3n) is 6.53. The maximum absolute atomic E-state index is 12.8. The SMILES string of the molecule is COc1ccc2c(Nc3cc(C)[nH]n3)nc(NC3C[C@H]4CC[C@@H](C3)N4C(=O)OC(C)(C)C)nc2c1. The molecule has 2 bridgehead atoms. The molecule has 3 N–H and O–H groups in total. The average Bonchev–Trinajstić information content (AvgIpc) is 3.32. The number of piperidine rings is 1. The number of rotatable bonds is 5. The van der Waals surface area contributed by atoms with E-state index in [4.69, 9.17) is 19.4 Å². The summed E-state index contributed by atoms with van der Waals surface area (Å²) in [7, 11) is 1.64.